The highest BCUT2D eigenvalue weighted by atomic mass is 32.2. The molecule has 0 radical (unpaired) electrons. The molecule has 0 unspecified atom stereocenters. The van der Waals surface area contributed by atoms with Gasteiger partial charge in [0, 0.05) is 12.1 Å². The zero-order chi connectivity index (χ0) is 31.1. The molecule has 0 bridgehead atoms. The van der Waals surface area contributed by atoms with Crippen LogP contribution >= 0.6 is 0 Å². The first-order valence-corrected chi connectivity index (χ1v) is 16.2. The van der Waals surface area contributed by atoms with Crippen LogP contribution in [0.3, 0.4) is 0 Å². The SMILES string of the molecule is O=C(OCc1ccccc1)N1CC[C@]2(NS(=O)(=O)Oc3c(F)cccc3F)c3ccccc3N(S(=O)(=O)c3ccccc3)[C@@H]12. The van der Waals surface area contributed by atoms with Gasteiger partial charge in [0.15, 0.2) is 11.6 Å². The molecule has 14 heteroatoms. The number of para-hydroxylation sites is 2. The molecule has 6 rings (SSSR count). The molecule has 1 saturated heterocycles. The minimum atomic E-state index is -5.04. The Bertz CT molecular complexity index is 1910. The number of anilines is 1. The van der Waals surface area contributed by atoms with Crippen molar-refractivity contribution < 1.29 is 39.3 Å². The van der Waals surface area contributed by atoms with E-state index in [0.29, 0.717) is 5.56 Å². The van der Waals surface area contributed by atoms with E-state index in [-0.39, 0.29) is 35.7 Å². The predicted octanol–water partition coefficient (Wildman–Crippen LogP) is 4.65. The van der Waals surface area contributed by atoms with Crippen LogP contribution in [0.1, 0.15) is 17.5 Å². The van der Waals surface area contributed by atoms with Crippen LogP contribution < -0.4 is 13.2 Å². The lowest BCUT2D eigenvalue weighted by Crippen LogP contribution is -2.59. The molecule has 2 atom stereocenters. The van der Waals surface area contributed by atoms with E-state index in [1.807, 2.05) is 0 Å². The summed E-state index contributed by atoms with van der Waals surface area (Å²) in [5, 5.41) is 0. The highest BCUT2D eigenvalue weighted by Gasteiger charge is 2.64. The monoisotopic (exact) mass is 641 g/mol. The zero-order valence-corrected chi connectivity index (χ0v) is 24.5. The van der Waals surface area contributed by atoms with Gasteiger partial charge < -0.3 is 8.92 Å². The summed E-state index contributed by atoms with van der Waals surface area (Å²) in [7, 11) is -9.46. The van der Waals surface area contributed by atoms with E-state index >= 15 is 0 Å². The number of ether oxygens (including phenoxy) is 1. The Morgan fingerprint density at radius 3 is 2.14 bits per heavy atom. The zero-order valence-electron chi connectivity index (χ0n) is 22.8. The number of halogens is 2. The fourth-order valence-corrected chi connectivity index (χ4v) is 8.51. The van der Waals surface area contributed by atoms with Crippen molar-refractivity contribution in [3.8, 4) is 5.75 Å². The van der Waals surface area contributed by atoms with Crippen molar-refractivity contribution in [1.29, 1.82) is 0 Å². The van der Waals surface area contributed by atoms with Crippen molar-refractivity contribution in [3.05, 3.63) is 126 Å². The highest BCUT2D eigenvalue weighted by molar-refractivity contribution is 7.93. The summed E-state index contributed by atoms with van der Waals surface area (Å²) in [6.07, 6.45) is -2.54. The number of amides is 1. The van der Waals surface area contributed by atoms with Crippen LogP contribution in [0, 0.1) is 11.6 Å². The summed E-state index contributed by atoms with van der Waals surface area (Å²) >= 11 is 0. The average molecular weight is 642 g/mol. The van der Waals surface area contributed by atoms with Gasteiger partial charge in [-0.25, -0.2) is 26.3 Å². The smallest absolute Gasteiger partial charge is 0.411 e. The van der Waals surface area contributed by atoms with Crippen LogP contribution in [-0.2, 0) is 37.2 Å². The number of hydrogen-bond acceptors (Lipinski definition) is 7. The molecule has 0 aromatic heterocycles. The number of fused-ring (bicyclic) bond motifs is 3. The van der Waals surface area contributed by atoms with Gasteiger partial charge in [0.2, 0.25) is 5.75 Å². The number of likely N-dealkylation sites (tertiary alicyclic amines) is 1. The Labute approximate surface area is 252 Å². The number of hydrogen-bond donors (Lipinski definition) is 1. The number of carbonyl (C=O) groups excluding carboxylic acids is 1. The molecular formula is C30H25F2N3O7S2. The second-order valence-electron chi connectivity index (χ2n) is 10.1. The molecular weight excluding hydrogens is 616 g/mol. The molecule has 1 amide bonds. The van der Waals surface area contributed by atoms with Crippen molar-refractivity contribution in [3.63, 3.8) is 0 Å². The quantitative estimate of drug-likeness (QED) is 0.297. The number of rotatable bonds is 8. The lowest BCUT2D eigenvalue weighted by Gasteiger charge is -2.36. The maximum atomic E-state index is 14.4. The molecule has 228 valence electrons. The number of benzene rings is 4. The molecule has 4 aromatic rings. The van der Waals surface area contributed by atoms with Crippen molar-refractivity contribution in [2.75, 3.05) is 10.8 Å². The van der Waals surface area contributed by atoms with Crippen LogP contribution in [0.2, 0.25) is 0 Å². The van der Waals surface area contributed by atoms with Gasteiger partial charge >= 0.3 is 16.4 Å². The first-order chi connectivity index (χ1) is 21.0. The average Bonchev–Trinajstić information content (AvgIpc) is 3.50. The van der Waals surface area contributed by atoms with E-state index in [2.05, 4.69) is 4.72 Å². The maximum absolute atomic E-state index is 14.4. The number of nitrogens with one attached hydrogen (secondary N) is 1. The van der Waals surface area contributed by atoms with Crippen LogP contribution in [0.4, 0.5) is 19.3 Å². The largest absolute Gasteiger partial charge is 0.444 e. The van der Waals surface area contributed by atoms with E-state index in [9.17, 15) is 30.4 Å². The van der Waals surface area contributed by atoms with Crippen LogP contribution in [0.15, 0.2) is 108 Å². The van der Waals surface area contributed by atoms with E-state index in [1.54, 1.807) is 48.5 Å². The second kappa shape index (κ2) is 11.2. The first kappa shape index (κ1) is 29.5. The molecule has 44 heavy (non-hydrogen) atoms. The summed E-state index contributed by atoms with van der Waals surface area (Å²) in [6, 6.07) is 25.1. The van der Waals surface area contributed by atoms with Crippen LogP contribution in [0.5, 0.6) is 5.75 Å². The number of sulfonamides is 1. The third-order valence-electron chi connectivity index (χ3n) is 7.49. The molecule has 1 N–H and O–H groups in total. The van der Waals surface area contributed by atoms with Gasteiger partial charge in [-0.15, -0.1) is 0 Å². The summed E-state index contributed by atoms with van der Waals surface area (Å²) in [4.78, 5) is 14.6. The van der Waals surface area contributed by atoms with Gasteiger partial charge in [-0.1, -0.05) is 72.8 Å². The van der Waals surface area contributed by atoms with Gasteiger partial charge in [-0.2, -0.15) is 13.1 Å². The van der Waals surface area contributed by atoms with Gasteiger partial charge in [0.05, 0.1) is 10.6 Å². The molecule has 2 aliphatic rings. The summed E-state index contributed by atoms with van der Waals surface area (Å²) < 4.78 is 97.8. The van der Waals surface area contributed by atoms with E-state index < -0.39 is 55.5 Å². The Kier molecular flexibility index (Phi) is 7.51. The minimum Gasteiger partial charge on any atom is -0.444 e. The van der Waals surface area contributed by atoms with Crippen molar-refractivity contribution in [2.24, 2.45) is 0 Å². The highest BCUT2D eigenvalue weighted by Crippen LogP contribution is 2.53. The molecule has 1 fully saturated rings. The fourth-order valence-electron chi connectivity index (χ4n) is 5.62. The number of carbonyl (C=O) groups is 1. The normalized spacial score (nSPS) is 19.4. The van der Waals surface area contributed by atoms with E-state index in [4.69, 9.17) is 8.92 Å². The summed E-state index contributed by atoms with van der Waals surface area (Å²) in [5.41, 5.74) is -0.841. The fraction of sp³-hybridized carbons (Fsp3) is 0.167. The van der Waals surface area contributed by atoms with E-state index in [0.717, 1.165) is 27.4 Å². The lowest BCUT2D eigenvalue weighted by molar-refractivity contribution is 0.0883. The van der Waals surface area contributed by atoms with Crippen molar-refractivity contribution >= 4 is 32.1 Å². The van der Waals surface area contributed by atoms with Gasteiger partial charge in [0.25, 0.3) is 10.0 Å². The van der Waals surface area contributed by atoms with Gasteiger partial charge in [0.1, 0.15) is 18.3 Å². The molecule has 0 saturated carbocycles. The Morgan fingerprint density at radius 2 is 1.45 bits per heavy atom. The molecule has 4 aromatic carbocycles. The second-order valence-corrected chi connectivity index (χ2v) is 13.2. The first-order valence-electron chi connectivity index (χ1n) is 13.4. The van der Waals surface area contributed by atoms with Crippen LogP contribution in [-0.4, -0.2) is 40.5 Å². The van der Waals surface area contributed by atoms with Crippen molar-refractivity contribution in [1.82, 2.24) is 9.62 Å². The molecule has 0 spiro atoms. The minimum absolute atomic E-state index is 0.0988. The summed E-state index contributed by atoms with van der Waals surface area (Å²) in [6.45, 7) is -0.264. The molecule has 10 nitrogen and oxygen atoms in total. The molecule has 2 aliphatic heterocycles. The third kappa shape index (κ3) is 5.14. The third-order valence-corrected chi connectivity index (χ3v) is 10.3. The summed E-state index contributed by atoms with van der Waals surface area (Å²) in [5.74, 6) is -3.69. The molecule has 0 aliphatic carbocycles. The Hall–Kier alpha value is -4.53. The standard InChI is InChI=1S/C30H25F2N3O7S2/c31-24-15-9-16-25(32)27(24)42-44(39,40)33-30-18-19-34(29(36)41-20-21-10-3-1-4-11-21)28(30)35(26-17-8-7-14-23(26)30)43(37,38)22-12-5-2-6-13-22/h1-17,28,33H,18-20H2/t28-,30+/m1/s1. The number of nitrogens with zero attached hydrogens (tertiary/aromatic N) is 2. The van der Waals surface area contributed by atoms with Crippen LogP contribution in [0.25, 0.3) is 0 Å². The van der Waals surface area contributed by atoms with Crippen molar-refractivity contribution in [2.45, 2.75) is 29.6 Å². The van der Waals surface area contributed by atoms with Gasteiger partial charge in [-0.3, -0.25) is 4.90 Å². The Morgan fingerprint density at radius 1 is 0.841 bits per heavy atom. The topological polar surface area (TPSA) is 122 Å². The lowest BCUT2D eigenvalue weighted by atomic mass is 9.90. The molecule has 2 heterocycles. The Balaban J connectivity index is 1.45. The predicted molar refractivity (Wildman–Crippen MR) is 155 cm³/mol. The van der Waals surface area contributed by atoms with E-state index in [1.165, 1.54) is 36.4 Å². The maximum Gasteiger partial charge on any atom is 0.411 e. The van der Waals surface area contributed by atoms with Gasteiger partial charge in [-0.05, 0) is 42.3 Å².